The number of fused-ring (bicyclic) bond motifs is 14. The molecule has 0 saturated heterocycles. The molecule has 9 aromatic carbocycles. The first-order valence-electron chi connectivity index (χ1n) is 18.1. The summed E-state index contributed by atoms with van der Waals surface area (Å²) in [5, 5.41) is 4.97. The van der Waals surface area contributed by atoms with Crippen molar-refractivity contribution < 1.29 is 4.74 Å². The van der Waals surface area contributed by atoms with Gasteiger partial charge in [0.05, 0.1) is 5.41 Å². The molecule has 1 unspecified atom stereocenters. The molecule has 0 N–H and O–H groups in total. The Balaban J connectivity index is 1.04. The molecule has 1 aliphatic heterocycles. The summed E-state index contributed by atoms with van der Waals surface area (Å²) in [6, 6.07) is 67.3. The Kier molecular flexibility index (Phi) is 5.49. The maximum absolute atomic E-state index is 6.42. The highest BCUT2D eigenvalue weighted by Crippen LogP contribution is 2.64. The van der Waals surface area contributed by atoms with Crippen molar-refractivity contribution in [3.63, 3.8) is 0 Å². The Morgan fingerprint density at radius 2 is 0.962 bits per heavy atom. The number of hydrogen-bond donors (Lipinski definition) is 0. The van der Waals surface area contributed by atoms with E-state index in [0.717, 1.165) is 17.1 Å². The first-order valence-corrected chi connectivity index (χ1v) is 18.1. The Morgan fingerprint density at radius 3 is 1.85 bits per heavy atom. The van der Waals surface area contributed by atoms with Crippen molar-refractivity contribution in [2.24, 2.45) is 0 Å². The van der Waals surface area contributed by atoms with Gasteiger partial charge in [-0.1, -0.05) is 152 Å². The first kappa shape index (κ1) is 28.0. The molecule has 0 aromatic heterocycles. The predicted molar refractivity (Wildman–Crippen MR) is 214 cm³/mol. The van der Waals surface area contributed by atoms with Crippen molar-refractivity contribution in [2.75, 3.05) is 0 Å². The molecule has 52 heavy (non-hydrogen) atoms. The van der Waals surface area contributed by atoms with Crippen molar-refractivity contribution in [1.82, 2.24) is 0 Å². The molecule has 3 aliphatic rings. The Bertz CT molecular complexity index is 3000. The highest BCUT2D eigenvalue weighted by molar-refractivity contribution is 6.07. The van der Waals surface area contributed by atoms with Gasteiger partial charge in [-0.25, -0.2) is 0 Å². The Labute approximate surface area is 302 Å². The van der Waals surface area contributed by atoms with E-state index in [0.29, 0.717) is 0 Å². The average Bonchev–Trinajstić information content (AvgIpc) is 3.68. The lowest BCUT2D eigenvalue weighted by molar-refractivity contribution is 0.487. The Hall–Kier alpha value is -6.70. The molecular weight excluding hydrogens is 629 g/mol. The molecule has 1 heteroatoms. The van der Waals surface area contributed by atoms with Crippen molar-refractivity contribution in [1.29, 1.82) is 0 Å². The summed E-state index contributed by atoms with van der Waals surface area (Å²) in [6.45, 7) is 0. The highest BCUT2D eigenvalue weighted by Gasteiger charge is 2.52. The zero-order valence-electron chi connectivity index (χ0n) is 28.2. The minimum atomic E-state index is -0.398. The highest BCUT2D eigenvalue weighted by atomic mass is 16.5. The monoisotopic (exact) mass is 658 g/mol. The largest absolute Gasteiger partial charge is 0.456 e. The van der Waals surface area contributed by atoms with E-state index in [2.05, 4.69) is 182 Å². The van der Waals surface area contributed by atoms with Crippen molar-refractivity contribution >= 4 is 21.5 Å². The van der Waals surface area contributed by atoms with Crippen LogP contribution in [0.3, 0.4) is 0 Å². The average molecular weight is 659 g/mol. The smallest absolute Gasteiger partial charge is 0.135 e. The molecule has 0 bridgehead atoms. The molecule has 0 amide bonds. The quantitative estimate of drug-likeness (QED) is 0.180. The number of hydrogen-bond acceptors (Lipinski definition) is 1. The summed E-state index contributed by atoms with van der Waals surface area (Å²) < 4.78 is 6.42. The number of ether oxygens (including phenoxy) is 1. The van der Waals surface area contributed by atoms with Gasteiger partial charge in [0.1, 0.15) is 11.5 Å². The van der Waals surface area contributed by atoms with Crippen molar-refractivity contribution in [3.05, 3.63) is 204 Å². The van der Waals surface area contributed by atoms with Gasteiger partial charge in [0, 0.05) is 10.9 Å². The van der Waals surface area contributed by atoms with E-state index in [1.807, 2.05) is 0 Å². The second-order valence-corrected chi connectivity index (χ2v) is 14.4. The molecule has 0 radical (unpaired) electrons. The van der Waals surface area contributed by atoms with Gasteiger partial charge in [0.2, 0.25) is 0 Å². The third kappa shape index (κ3) is 3.57. The van der Waals surface area contributed by atoms with Gasteiger partial charge in [-0.05, 0) is 119 Å². The molecule has 0 fully saturated rings. The van der Waals surface area contributed by atoms with Gasteiger partial charge >= 0.3 is 0 Å². The SMILES string of the molecule is c1cc(-c2ccc3c(c2)-c2cccc4cccc(c24)O3)cc(-c2ccc3c(c2)C2(c4ccccc4-3)c3ccccc3-c3c2ccc2ccccc32)c1. The topological polar surface area (TPSA) is 9.23 Å². The van der Waals surface area contributed by atoms with Crippen molar-refractivity contribution in [2.45, 2.75) is 5.41 Å². The lowest BCUT2D eigenvalue weighted by Crippen LogP contribution is -2.25. The normalized spacial score (nSPS) is 15.5. The number of benzene rings is 9. The summed E-state index contributed by atoms with van der Waals surface area (Å²) in [5.74, 6) is 1.83. The molecule has 12 rings (SSSR count). The minimum Gasteiger partial charge on any atom is -0.456 e. The van der Waals surface area contributed by atoms with Gasteiger partial charge in [-0.2, -0.15) is 0 Å². The van der Waals surface area contributed by atoms with E-state index in [1.54, 1.807) is 0 Å². The van der Waals surface area contributed by atoms with E-state index in [1.165, 1.54) is 93.9 Å². The van der Waals surface area contributed by atoms with Crippen LogP contribution >= 0.6 is 0 Å². The van der Waals surface area contributed by atoms with E-state index < -0.39 is 5.41 Å². The van der Waals surface area contributed by atoms with Crippen LogP contribution in [-0.2, 0) is 5.41 Å². The van der Waals surface area contributed by atoms with Crippen LogP contribution < -0.4 is 4.74 Å². The molecule has 1 heterocycles. The number of rotatable bonds is 2. The second-order valence-electron chi connectivity index (χ2n) is 14.4. The molecule has 1 spiro atoms. The molecule has 0 saturated carbocycles. The van der Waals surface area contributed by atoms with Crippen LogP contribution in [0, 0.1) is 0 Å². The van der Waals surface area contributed by atoms with Crippen LogP contribution in [0.4, 0.5) is 0 Å². The van der Waals surface area contributed by atoms with Gasteiger partial charge in [0.25, 0.3) is 0 Å². The lowest BCUT2D eigenvalue weighted by Gasteiger charge is -2.31. The first-order chi connectivity index (χ1) is 25.8. The summed E-state index contributed by atoms with van der Waals surface area (Å²) in [6.07, 6.45) is 0. The van der Waals surface area contributed by atoms with Crippen LogP contribution in [0.5, 0.6) is 11.5 Å². The fourth-order valence-electron chi connectivity index (χ4n) is 9.71. The molecule has 240 valence electrons. The summed E-state index contributed by atoms with van der Waals surface area (Å²) >= 11 is 0. The van der Waals surface area contributed by atoms with Crippen LogP contribution in [0.25, 0.3) is 77.2 Å². The third-order valence-electron chi connectivity index (χ3n) is 11.9. The standard InChI is InChI=1S/C51H30O/c1-2-15-37-31(10-1)23-26-45-50(37)41-17-4-6-20-44(41)51(45)43-19-5-3-16-38(43)39-25-22-36(30-46(39)51)34-14-7-13-33(28-34)35-24-27-47-42(29-35)40-18-8-11-32-12-9-21-48(52-47)49(32)40/h1-30H. The van der Waals surface area contributed by atoms with E-state index in [4.69, 9.17) is 4.74 Å². The van der Waals surface area contributed by atoms with Gasteiger partial charge < -0.3 is 4.74 Å². The Morgan fingerprint density at radius 1 is 0.327 bits per heavy atom. The lowest BCUT2D eigenvalue weighted by atomic mass is 9.70. The van der Waals surface area contributed by atoms with Crippen LogP contribution in [-0.4, -0.2) is 0 Å². The third-order valence-corrected chi connectivity index (χ3v) is 11.9. The molecule has 2 aliphatic carbocycles. The second kappa shape index (κ2) is 10.2. The zero-order chi connectivity index (χ0) is 34.0. The van der Waals surface area contributed by atoms with E-state index in [-0.39, 0.29) is 0 Å². The summed E-state index contributed by atoms with van der Waals surface area (Å²) in [4.78, 5) is 0. The maximum Gasteiger partial charge on any atom is 0.135 e. The van der Waals surface area contributed by atoms with E-state index in [9.17, 15) is 0 Å². The molecular formula is C51H30O. The van der Waals surface area contributed by atoms with Gasteiger partial charge in [-0.15, -0.1) is 0 Å². The molecule has 1 nitrogen and oxygen atoms in total. The van der Waals surface area contributed by atoms with Gasteiger partial charge in [0.15, 0.2) is 0 Å². The predicted octanol–water partition coefficient (Wildman–Crippen LogP) is 13.4. The fourth-order valence-corrected chi connectivity index (χ4v) is 9.71. The van der Waals surface area contributed by atoms with E-state index >= 15 is 0 Å². The molecule has 9 aromatic rings. The van der Waals surface area contributed by atoms with Crippen LogP contribution in [0.15, 0.2) is 182 Å². The van der Waals surface area contributed by atoms with Crippen LogP contribution in [0.2, 0.25) is 0 Å². The van der Waals surface area contributed by atoms with Gasteiger partial charge in [-0.3, -0.25) is 0 Å². The minimum absolute atomic E-state index is 0.398. The summed E-state index contributed by atoms with van der Waals surface area (Å²) in [5.41, 5.74) is 17.5. The van der Waals surface area contributed by atoms with Crippen LogP contribution in [0.1, 0.15) is 22.3 Å². The molecule has 1 atom stereocenters. The fraction of sp³-hybridized carbons (Fsp3) is 0.0196. The zero-order valence-corrected chi connectivity index (χ0v) is 28.2. The maximum atomic E-state index is 6.42. The van der Waals surface area contributed by atoms with Crippen molar-refractivity contribution in [3.8, 4) is 67.1 Å². The summed E-state index contributed by atoms with van der Waals surface area (Å²) in [7, 11) is 0.